The first-order valence-corrected chi connectivity index (χ1v) is 4.91. The van der Waals surface area contributed by atoms with Gasteiger partial charge < -0.3 is 20.1 Å². The van der Waals surface area contributed by atoms with Crippen molar-refractivity contribution in [3.05, 3.63) is 24.0 Å². The van der Waals surface area contributed by atoms with Crippen molar-refractivity contribution in [3.63, 3.8) is 0 Å². The van der Waals surface area contributed by atoms with Gasteiger partial charge in [-0.25, -0.2) is 0 Å². The molecule has 0 aliphatic heterocycles. The summed E-state index contributed by atoms with van der Waals surface area (Å²) in [7, 11) is 0. The van der Waals surface area contributed by atoms with Crippen LogP contribution in [-0.4, -0.2) is 39.9 Å². The van der Waals surface area contributed by atoms with Gasteiger partial charge in [-0.05, 0) is 19.1 Å². The van der Waals surface area contributed by atoms with Crippen molar-refractivity contribution in [2.75, 3.05) is 13.2 Å². The summed E-state index contributed by atoms with van der Waals surface area (Å²) in [5, 5.41) is 20.2. The van der Waals surface area contributed by atoms with Crippen LogP contribution in [0.3, 0.4) is 0 Å². The van der Waals surface area contributed by atoms with Gasteiger partial charge in [0.25, 0.3) is 5.91 Å². The zero-order valence-corrected chi connectivity index (χ0v) is 8.68. The lowest BCUT2D eigenvalue weighted by atomic mass is 10.3. The number of nitrogens with zero attached hydrogens (tertiary/aromatic N) is 1. The highest BCUT2D eigenvalue weighted by atomic mass is 16.3. The van der Waals surface area contributed by atoms with Crippen LogP contribution in [-0.2, 0) is 6.54 Å². The first-order chi connectivity index (χ1) is 7.19. The average Bonchev–Trinajstić information content (AvgIpc) is 2.73. The van der Waals surface area contributed by atoms with Crippen molar-refractivity contribution >= 4 is 5.91 Å². The molecule has 84 valence electrons. The maximum atomic E-state index is 11.6. The van der Waals surface area contributed by atoms with E-state index in [1.807, 2.05) is 13.1 Å². The normalized spacial score (nSPS) is 12.5. The van der Waals surface area contributed by atoms with Gasteiger partial charge in [-0.15, -0.1) is 0 Å². The largest absolute Gasteiger partial charge is 0.394 e. The molecule has 1 unspecified atom stereocenters. The Kier molecular flexibility index (Phi) is 4.33. The number of aliphatic hydroxyl groups excluding tert-OH is 2. The van der Waals surface area contributed by atoms with Crippen LogP contribution < -0.4 is 5.32 Å². The van der Waals surface area contributed by atoms with Crippen LogP contribution in [0.15, 0.2) is 18.3 Å². The summed E-state index contributed by atoms with van der Waals surface area (Å²) in [5.74, 6) is -0.241. The lowest BCUT2D eigenvalue weighted by Gasteiger charge is -2.10. The fraction of sp³-hybridized carbons (Fsp3) is 0.500. The topological polar surface area (TPSA) is 74.5 Å². The molecule has 0 aliphatic rings. The molecule has 1 amide bonds. The molecule has 0 radical (unpaired) electrons. The standard InChI is InChI=1S/C10H16N2O3/c1-2-12-5-3-4-9(12)10(15)11-6-8(14)7-13/h3-5,8,13-14H,2,6-7H2,1H3,(H,11,15). The molecule has 1 rings (SSSR count). The molecule has 1 aromatic rings. The van der Waals surface area contributed by atoms with Gasteiger partial charge in [0.05, 0.1) is 12.7 Å². The van der Waals surface area contributed by atoms with Gasteiger partial charge in [-0.1, -0.05) is 0 Å². The van der Waals surface area contributed by atoms with Gasteiger partial charge in [0.1, 0.15) is 5.69 Å². The number of aryl methyl sites for hydroxylation is 1. The molecule has 0 saturated carbocycles. The van der Waals surface area contributed by atoms with Crippen LogP contribution in [0.1, 0.15) is 17.4 Å². The second-order valence-corrected chi connectivity index (χ2v) is 3.23. The number of amides is 1. The first-order valence-electron chi connectivity index (χ1n) is 4.91. The van der Waals surface area contributed by atoms with Crippen molar-refractivity contribution in [2.45, 2.75) is 19.6 Å². The molecular formula is C10H16N2O3. The summed E-state index contributed by atoms with van der Waals surface area (Å²) >= 11 is 0. The third-order valence-corrected chi connectivity index (χ3v) is 2.11. The molecule has 1 heterocycles. The molecular weight excluding hydrogens is 196 g/mol. The number of rotatable bonds is 5. The first kappa shape index (κ1) is 11.7. The Morgan fingerprint density at radius 2 is 2.40 bits per heavy atom. The van der Waals surface area contributed by atoms with E-state index in [1.54, 1.807) is 16.7 Å². The highest BCUT2D eigenvalue weighted by molar-refractivity contribution is 5.92. The van der Waals surface area contributed by atoms with E-state index in [4.69, 9.17) is 10.2 Å². The molecule has 0 bridgehead atoms. The second kappa shape index (κ2) is 5.53. The third kappa shape index (κ3) is 3.07. The van der Waals surface area contributed by atoms with Crippen LogP contribution >= 0.6 is 0 Å². The monoisotopic (exact) mass is 212 g/mol. The van der Waals surface area contributed by atoms with Crippen LogP contribution in [0, 0.1) is 0 Å². The lowest BCUT2D eigenvalue weighted by Crippen LogP contribution is -2.34. The fourth-order valence-corrected chi connectivity index (χ4v) is 1.26. The van der Waals surface area contributed by atoms with E-state index in [0.717, 1.165) is 6.54 Å². The van der Waals surface area contributed by atoms with E-state index in [9.17, 15) is 4.79 Å². The van der Waals surface area contributed by atoms with E-state index in [0.29, 0.717) is 5.69 Å². The summed E-state index contributed by atoms with van der Waals surface area (Å²) in [6.45, 7) is 2.37. The van der Waals surface area contributed by atoms with E-state index in [1.165, 1.54) is 0 Å². The number of aromatic nitrogens is 1. The van der Waals surface area contributed by atoms with Gasteiger partial charge >= 0.3 is 0 Å². The highest BCUT2D eigenvalue weighted by Crippen LogP contribution is 2.01. The number of aliphatic hydroxyl groups is 2. The van der Waals surface area contributed by atoms with Gasteiger partial charge in [-0.2, -0.15) is 0 Å². The predicted molar refractivity (Wildman–Crippen MR) is 55.5 cm³/mol. The smallest absolute Gasteiger partial charge is 0.267 e. The summed E-state index contributed by atoms with van der Waals surface area (Å²) in [6.07, 6.45) is 0.913. The summed E-state index contributed by atoms with van der Waals surface area (Å²) < 4.78 is 1.81. The second-order valence-electron chi connectivity index (χ2n) is 3.23. The molecule has 5 nitrogen and oxygen atoms in total. The van der Waals surface area contributed by atoms with E-state index in [2.05, 4.69) is 5.32 Å². The highest BCUT2D eigenvalue weighted by Gasteiger charge is 2.10. The molecule has 0 fully saturated rings. The predicted octanol–water partition coefficient (Wildman–Crippen LogP) is -0.409. The van der Waals surface area contributed by atoms with Crippen LogP contribution in [0.25, 0.3) is 0 Å². The van der Waals surface area contributed by atoms with Crippen LogP contribution in [0.4, 0.5) is 0 Å². The minimum atomic E-state index is -0.904. The van der Waals surface area contributed by atoms with E-state index < -0.39 is 6.10 Å². The SMILES string of the molecule is CCn1cccc1C(=O)NCC(O)CO. The van der Waals surface area contributed by atoms with Crippen molar-refractivity contribution in [1.29, 1.82) is 0 Å². The van der Waals surface area contributed by atoms with Crippen molar-refractivity contribution in [2.24, 2.45) is 0 Å². The Labute approximate surface area is 88.3 Å². The summed E-state index contributed by atoms with van der Waals surface area (Å²) in [4.78, 5) is 11.6. The zero-order valence-electron chi connectivity index (χ0n) is 8.68. The minimum absolute atomic E-state index is 0.0597. The van der Waals surface area contributed by atoms with Crippen molar-refractivity contribution < 1.29 is 15.0 Å². The number of hydrogen-bond acceptors (Lipinski definition) is 3. The zero-order chi connectivity index (χ0) is 11.3. The quantitative estimate of drug-likeness (QED) is 0.621. The van der Waals surface area contributed by atoms with Gasteiger partial charge in [0, 0.05) is 19.3 Å². The lowest BCUT2D eigenvalue weighted by molar-refractivity contribution is 0.0796. The van der Waals surface area contributed by atoms with Crippen molar-refractivity contribution in [1.82, 2.24) is 9.88 Å². The van der Waals surface area contributed by atoms with Crippen LogP contribution in [0.5, 0.6) is 0 Å². The van der Waals surface area contributed by atoms with Gasteiger partial charge in [0.15, 0.2) is 0 Å². The molecule has 0 aromatic carbocycles. The number of nitrogens with one attached hydrogen (secondary N) is 1. The minimum Gasteiger partial charge on any atom is -0.394 e. The molecule has 3 N–H and O–H groups in total. The summed E-state index contributed by atoms with van der Waals surface area (Å²) in [6, 6.07) is 3.51. The molecule has 1 atom stereocenters. The average molecular weight is 212 g/mol. The molecule has 5 heteroatoms. The molecule has 15 heavy (non-hydrogen) atoms. The number of hydrogen-bond donors (Lipinski definition) is 3. The fourth-order valence-electron chi connectivity index (χ4n) is 1.26. The Bertz CT molecular complexity index is 322. The van der Waals surface area contributed by atoms with Gasteiger partial charge in [0.2, 0.25) is 0 Å². The number of carbonyl (C=O) groups excluding carboxylic acids is 1. The maximum Gasteiger partial charge on any atom is 0.267 e. The Morgan fingerprint density at radius 1 is 1.67 bits per heavy atom. The molecule has 1 aromatic heterocycles. The maximum absolute atomic E-state index is 11.6. The Hall–Kier alpha value is -1.33. The number of carbonyl (C=O) groups is 1. The Morgan fingerprint density at radius 3 is 3.00 bits per heavy atom. The van der Waals surface area contributed by atoms with Crippen LogP contribution in [0.2, 0.25) is 0 Å². The molecule has 0 aliphatic carbocycles. The van der Waals surface area contributed by atoms with E-state index in [-0.39, 0.29) is 19.1 Å². The van der Waals surface area contributed by atoms with Gasteiger partial charge in [-0.3, -0.25) is 4.79 Å². The molecule has 0 spiro atoms. The molecule has 0 saturated heterocycles. The third-order valence-electron chi connectivity index (χ3n) is 2.11. The van der Waals surface area contributed by atoms with Crippen molar-refractivity contribution in [3.8, 4) is 0 Å². The van der Waals surface area contributed by atoms with E-state index >= 15 is 0 Å². The Balaban J connectivity index is 2.54. The summed E-state index contributed by atoms with van der Waals surface area (Å²) in [5.41, 5.74) is 0.558.